The van der Waals surface area contributed by atoms with E-state index in [1.54, 1.807) is 0 Å². The predicted molar refractivity (Wildman–Crippen MR) is 81.4 cm³/mol. The lowest BCUT2D eigenvalue weighted by molar-refractivity contribution is 0.473. The molecular weight excluding hydrogens is 242 g/mol. The van der Waals surface area contributed by atoms with E-state index in [-0.39, 0.29) is 17.8 Å². The van der Waals surface area contributed by atoms with Crippen LogP contribution < -0.4 is 5.32 Å². The summed E-state index contributed by atoms with van der Waals surface area (Å²) in [6, 6.07) is 11.3. The summed E-state index contributed by atoms with van der Waals surface area (Å²) in [4.78, 5) is 0. The van der Waals surface area contributed by atoms with Crippen LogP contribution in [0, 0.1) is 0 Å². The van der Waals surface area contributed by atoms with Crippen LogP contribution in [0.5, 0.6) is 0 Å². The van der Waals surface area contributed by atoms with Gasteiger partial charge in [-0.15, -0.1) is 12.4 Å². The maximum atomic E-state index is 3.34. The highest BCUT2D eigenvalue weighted by Crippen LogP contribution is 2.35. The second-order valence-electron chi connectivity index (χ2n) is 4.84. The molecule has 1 atom stereocenters. The first-order valence-corrected chi connectivity index (χ1v) is 6.35. The zero-order valence-corrected chi connectivity index (χ0v) is 11.9. The number of hydrogen-bond acceptors (Lipinski definition) is 1. The van der Waals surface area contributed by atoms with Gasteiger partial charge < -0.3 is 5.32 Å². The van der Waals surface area contributed by atoms with Crippen molar-refractivity contribution in [2.24, 2.45) is 0 Å². The minimum atomic E-state index is 0. The number of rotatable bonds is 4. The molecule has 1 aromatic carbocycles. The molecule has 0 bridgehead atoms. The van der Waals surface area contributed by atoms with E-state index in [0.29, 0.717) is 6.04 Å². The summed E-state index contributed by atoms with van der Waals surface area (Å²) in [5, 5.41) is 3.34. The molecule has 98 valence electrons. The molecule has 1 unspecified atom stereocenters. The molecule has 18 heavy (non-hydrogen) atoms. The van der Waals surface area contributed by atoms with Crippen LogP contribution in [0.1, 0.15) is 25.3 Å². The van der Waals surface area contributed by atoms with Gasteiger partial charge in [0.05, 0.1) is 0 Å². The Kier molecular flexibility index (Phi) is 5.64. The first kappa shape index (κ1) is 15.0. The third-order valence-electron chi connectivity index (χ3n) is 3.55. The Bertz CT molecular complexity index is 396. The molecule has 1 aliphatic carbocycles. The second-order valence-corrected chi connectivity index (χ2v) is 4.84. The molecule has 0 heterocycles. The number of hydrogen-bond donors (Lipinski definition) is 1. The minimum Gasteiger partial charge on any atom is -0.317 e. The van der Waals surface area contributed by atoms with Crippen molar-refractivity contribution in [1.82, 2.24) is 5.32 Å². The minimum absolute atomic E-state index is 0. The Morgan fingerprint density at radius 3 is 2.33 bits per heavy atom. The van der Waals surface area contributed by atoms with E-state index >= 15 is 0 Å². The molecule has 1 nitrogen and oxygen atoms in total. The lowest BCUT2D eigenvalue weighted by Gasteiger charge is -2.32. The standard InChI is InChI=1S/C16H21N.ClH/c1-14(17-2)13-16(11-7-4-8-12-16)15-9-5-3-6-10-15;/h3,5-12,14,17H,4,13H2,1-2H3;1H. The Balaban J connectivity index is 0.00000162. The Morgan fingerprint density at radius 2 is 1.78 bits per heavy atom. The molecule has 0 amide bonds. The van der Waals surface area contributed by atoms with Crippen LogP contribution in [0.15, 0.2) is 54.6 Å². The molecule has 0 saturated heterocycles. The fourth-order valence-corrected chi connectivity index (χ4v) is 2.49. The lowest BCUT2D eigenvalue weighted by Crippen LogP contribution is -2.33. The van der Waals surface area contributed by atoms with Crippen molar-refractivity contribution in [1.29, 1.82) is 0 Å². The molecule has 1 aromatic rings. The van der Waals surface area contributed by atoms with E-state index in [1.807, 2.05) is 7.05 Å². The third-order valence-corrected chi connectivity index (χ3v) is 3.55. The van der Waals surface area contributed by atoms with Crippen molar-refractivity contribution in [3.63, 3.8) is 0 Å². The summed E-state index contributed by atoms with van der Waals surface area (Å²) in [6.45, 7) is 2.24. The van der Waals surface area contributed by atoms with Crippen molar-refractivity contribution in [2.45, 2.75) is 31.2 Å². The number of nitrogens with one attached hydrogen (secondary N) is 1. The van der Waals surface area contributed by atoms with E-state index in [2.05, 4.69) is 66.9 Å². The van der Waals surface area contributed by atoms with Gasteiger partial charge in [-0.25, -0.2) is 0 Å². The first-order valence-electron chi connectivity index (χ1n) is 6.35. The Labute approximate surface area is 116 Å². The predicted octanol–water partition coefficient (Wildman–Crippen LogP) is 3.86. The van der Waals surface area contributed by atoms with E-state index in [9.17, 15) is 0 Å². The molecule has 1 N–H and O–H groups in total. The van der Waals surface area contributed by atoms with Crippen LogP contribution in [-0.2, 0) is 5.41 Å². The topological polar surface area (TPSA) is 12.0 Å². The third kappa shape index (κ3) is 3.24. The van der Waals surface area contributed by atoms with Crippen LogP contribution in [0.25, 0.3) is 0 Å². The van der Waals surface area contributed by atoms with Gasteiger partial charge in [0, 0.05) is 11.5 Å². The van der Waals surface area contributed by atoms with Gasteiger partial charge in [0.1, 0.15) is 0 Å². The highest BCUT2D eigenvalue weighted by Gasteiger charge is 2.28. The molecule has 0 spiro atoms. The summed E-state index contributed by atoms with van der Waals surface area (Å²) in [5.41, 5.74) is 1.45. The molecular formula is C16H22ClN. The summed E-state index contributed by atoms with van der Waals surface area (Å²) in [7, 11) is 2.03. The highest BCUT2D eigenvalue weighted by molar-refractivity contribution is 5.85. The van der Waals surface area contributed by atoms with Gasteiger partial charge in [0.25, 0.3) is 0 Å². The number of halogens is 1. The Morgan fingerprint density at radius 1 is 1.17 bits per heavy atom. The lowest BCUT2D eigenvalue weighted by atomic mass is 9.73. The normalized spacial score (nSPS) is 18.1. The van der Waals surface area contributed by atoms with Gasteiger partial charge in [0.2, 0.25) is 0 Å². The number of benzene rings is 1. The van der Waals surface area contributed by atoms with Crippen molar-refractivity contribution >= 4 is 12.4 Å². The molecule has 2 rings (SSSR count). The van der Waals surface area contributed by atoms with Crippen molar-refractivity contribution in [3.8, 4) is 0 Å². The summed E-state index contributed by atoms with van der Waals surface area (Å²) in [5.74, 6) is 0. The van der Waals surface area contributed by atoms with Crippen LogP contribution in [-0.4, -0.2) is 13.1 Å². The van der Waals surface area contributed by atoms with Gasteiger partial charge in [-0.05, 0) is 32.4 Å². The zero-order chi connectivity index (χ0) is 12.1. The van der Waals surface area contributed by atoms with E-state index in [4.69, 9.17) is 0 Å². The van der Waals surface area contributed by atoms with Crippen molar-refractivity contribution < 1.29 is 0 Å². The molecule has 2 heteroatoms. The van der Waals surface area contributed by atoms with Crippen LogP contribution >= 0.6 is 12.4 Å². The van der Waals surface area contributed by atoms with Gasteiger partial charge in [0.15, 0.2) is 0 Å². The second kappa shape index (κ2) is 6.77. The monoisotopic (exact) mass is 263 g/mol. The fourth-order valence-electron chi connectivity index (χ4n) is 2.49. The molecule has 0 saturated carbocycles. The maximum absolute atomic E-state index is 3.34. The van der Waals surface area contributed by atoms with Crippen LogP contribution in [0.2, 0.25) is 0 Å². The van der Waals surface area contributed by atoms with Crippen molar-refractivity contribution in [3.05, 3.63) is 60.2 Å². The average molecular weight is 264 g/mol. The van der Waals surface area contributed by atoms with Gasteiger partial charge >= 0.3 is 0 Å². The van der Waals surface area contributed by atoms with E-state index in [1.165, 1.54) is 5.56 Å². The average Bonchev–Trinajstić information content (AvgIpc) is 2.40. The van der Waals surface area contributed by atoms with Gasteiger partial charge in [-0.1, -0.05) is 54.6 Å². The zero-order valence-electron chi connectivity index (χ0n) is 11.1. The van der Waals surface area contributed by atoms with Gasteiger partial charge in [-0.3, -0.25) is 0 Å². The maximum Gasteiger partial charge on any atom is 0.0327 e. The Hall–Kier alpha value is -1.05. The molecule has 1 aliphatic rings. The van der Waals surface area contributed by atoms with Crippen LogP contribution in [0.3, 0.4) is 0 Å². The smallest absolute Gasteiger partial charge is 0.0327 e. The molecule has 0 aliphatic heterocycles. The van der Waals surface area contributed by atoms with Crippen LogP contribution in [0.4, 0.5) is 0 Å². The summed E-state index contributed by atoms with van der Waals surface area (Å²) in [6.07, 6.45) is 11.4. The molecule has 0 radical (unpaired) electrons. The summed E-state index contributed by atoms with van der Waals surface area (Å²) < 4.78 is 0. The SMILES string of the molecule is CNC(C)CC1(c2ccccc2)C=CCC=C1.Cl. The fraction of sp³-hybridized carbons (Fsp3) is 0.375. The quantitative estimate of drug-likeness (QED) is 0.814. The highest BCUT2D eigenvalue weighted by atomic mass is 35.5. The first-order chi connectivity index (χ1) is 8.27. The summed E-state index contributed by atoms with van der Waals surface area (Å²) >= 11 is 0. The molecule has 0 fully saturated rings. The van der Waals surface area contributed by atoms with Gasteiger partial charge in [-0.2, -0.15) is 0 Å². The van der Waals surface area contributed by atoms with E-state index < -0.39 is 0 Å². The largest absolute Gasteiger partial charge is 0.317 e. The number of allylic oxidation sites excluding steroid dienone is 4. The van der Waals surface area contributed by atoms with Crippen molar-refractivity contribution in [2.75, 3.05) is 7.05 Å². The molecule has 0 aromatic heterocycles. The van der Waals surface area contributed by atoms with E-state index in [0.717, 1.165) is 12.8 Å².